The standard InChI is InChI=1S/C10H19N3/c1-4-6-10-9(8(3)11)7-12-13(10)5-2/h7-8H,4-6,11H2,1-3H3. The first-order valence-electron chi connectivity index (χ1n) is 5.00. The lowest BCUT2D eigenvalue weighted by Crippen LogP contribution is -2.09. The summed E-state index contributed by atoms with van der Waals surface area (Å²) >= 11 is 0. The van der Waals surface area contributed by atoms with E-state index in [0.717, 1.165) is 19.4 Å². The van der Waals surface area contributed by atoms with Gasteiger partial charge >= 0.3 is 0 Å². The smallest absolute Gasteiger partial charge is 0.0540 e. The monoisotopic (exact) mass is 181 g/mol. The lowest BCUT2D eigenvalue weighted by molar-refractivity contribution is 0.610. The molecule has 0 radical (unpaired) electrons. The number of hydrogen-bond acceptors (Lipinski definition) is 2. The van der Waals surface area contributed by atoms with Gasteiger partial charge in [0.2, 0.25) is 0 Å². The largest absolute Gasteiger partial charge is 0.324 e. The Kier molecular flexibility index (Phi) is 3.48. The first-order chi connectivity index (χ1) is 6.20. The Morgan fingerprint density at radius 3 is 2.69 bits per heavy atom. The molecule has 1 aromatic rings. The SMILES string of the molecule is CCCc1c(C(C)N)cnn1CC. The van der Waals surface area contributed by atoms with Crippen LogP contribution in [0.1, 0.15) is 44.5 Å². The van der Waals surface area contributed by atoms with Crippen LogP contribution >= 0.6 is 0 Å². The Labute approximate surface area is 79.9 Å². The van der Waals surface area contributed by atoms with Crippen LogP contribution in [0.5, 0.6) is 0 Å². The number of aryl methyl sites for hydroxylation is 1. The van der Waals surface area contributed by atoms with Crippen molar-refractivity contribution in [2.75, 3.05) is 0 Å². The molecule has 2 N–H and O–H groups in total. The van der Waals surface area contributed by atoms with Crippen molar-refractivity contribution in [2.24, 2.45) is 5.73 Å². The number of nitrogens with two attached hydrogens (primary N) is 1. The van der Waals surface area contributed by atoms with Crippen LogP contribution in [0, 0.1) is 0 Å². The Bertz CT molecular complexity index is 263. The maximum Gasteiger partial charge on any atom is 0.0540 e. The van der Waals surface area contributed by atoms with Crippen molar-refractivity contribution in [2.45, 2.75) is 46.2 Å². The minimum absolute atomic E-state index is 0.0989. The number of aromatic nitrogens is 2. The lowest BCUT2D eigenvalue weighted by Gasteiger charge is -2.08. The molecule has 13 heavy (non-hydrogen) atoms. The average molecular weight is 181 g/mol. The molecule has 1 unspecified atom stereocenters. The average Bonchev–Trinajstić information content (AvgIpc) is 2.48. The van der Waals surface area contributed by atoms with E-state index in [-0.39, 0.29) is 6.04 Å². The highest BCUT2D eigenvalue weighted by Gasteiger charge is 2.11. The van der Waals surface area contributed by atoms with Crippen LogP contribution in [-0.4, -0.2) is 9.78 Å². The summed E-state index contributed by atoms with van der Waals surface area (Å²) in [5.41, 5.74) is 8.36. The molecule has 0 aliphatic carbocycles. The third-order valence-electron chi connectivity index (χ3n) is 2.26. The molecule has 0 aliphatic heterocycles. The zero-order chi connectivity index (χ0) is 9.84. The third kappa shape index (κ3) is 2.10. The molecule has 1 aromatic heterocycles. The first-order valence-corrected chi connectivity index (χ1v) is 5.00. The van der Waals surface area contributed by atoms with Crippen molar-refractivity contribution < 1.29 is 0 Å². The summed E-state index contributed by atoms with van der Waals surface area (Å²) in [7, 11) is 0. The molecule has 74 valence electrons. The molecule has 0 bridgehead atoms. The summed E-state index contributed by atoms with van der Waals surface area (Å²) in [4.78, 5) is 0. The van der Waals surface area contributed by atoms with E-state index in [0.29, 0.717) is 0 Å². The van der Waals surface area contributed by atoms with Gasteiger partial charge in [-0.15, -0.1) is 0 Å². The van der Waals surface area contributed by atoms with E-state index in [1.54, 1.807) is 0 Å². The number of nitrogens with zero attached hydrogens (tertiary/aromatic N) is 2. The van der Waals surface area contributed by atoms with Crippen LogP contribution in [0.3, 0.4) is 0 Å². The summed E-state index contributed by atoms with van der Waals surface area (Å²) in [5.74, 6) is 0. The van der Waals surface area contributed by atoms with Gasteiger partial charge < -0.3 is 5.73 Å². The van der Waals surface area contributed by atoms with E-state index in [1.807, 2.05) is 17.8 Å². The minimum atomic E-state index is 0.0989. The van der Waals surface area contributed by atoms with Crippen molar-refractivity contribution >= 4 is 0 Å². The lowest BCUT2D eigenvalue weighted by atomic mass is 10.1. The highest BCUT2D eigenvalue weighted by molar-refractivity contribution is 5.21. The molecule has 0 aliphatic rings. The van der Waals surface area contributed by atoms with Gasteiger partial charge in [0.1, 0.15) is 0 Å². The normalized spacial score (nSPS) is 13.2. The van der Waals surface area contributed by atoms with Gasteiger partial charge in [-0.2, -0.15) is 5.10 Å². The quantitative estimate of drug-likeness (QED) is 0.770. The van der Waals surface area contributed by atoms with Gasteiger partial charge in [-0.1, -0.05) is 13.3 Å². The van der Waals surface area contributed by atoms with Gasteiger partial charge in [-0.05, 0) is 20.3 Å². The molecule has 1 rings (SSSR count). The second-order valence-corrected chi connectivity index (χ2v) is 3.40. The van der Waals surface area contributed by atoms with E-state index in [9.17, 15) is 0 Å². The van der Waals surface area contributed by atoms with Crippen molar-refractivity contribution in [3.05, 3.63) is 17.5 Å². The van der Waals surface area contributed by atoms with Crippen molar-refractivity contribution in [3.8, 4) is 0 Å². The van der Waals surface area contributed by atoms with Crippen LogP contribution in [0.4, 0.5) is 0 Å². The second kappa shape index (κ2) is 4.42. The zero-order valence-electron chi connectivity index (χ0n) is 8.75. The van der Waals surface area contributed by atoms with Crippen molar-refractivity contribution in [3.63, 3.8) is 0 Å². The molecular formula is C10H19N3. The van der Waals surface area contributed by atoms with Gasteiger partial charge in [-0.25, -0.2) is 0 Å². The third-order valence-corrected chi connectivity index (χ3v) is 2.26. The Hall–Kier alpha value is -0.830. The summed E-state index contributed by atoms with van der Waals surface area (Å²) in [6.07, 6.45) is 4.12. The number of rotatable bonds is 4. The molecule has 0 fully saturated rings. The fourth-order valence-electron chi connectivity index (χ4n) is 1.59. The fraction of sp³-hybridized carbons (Fsp3) is 0.700. The maximum atomic E-state index is 5.86. The van der Waals surface area contributed by atoms with E-state index in [1.165, 1.54) is 11.3 Å². The zero-order valence-corrected chi connectivity index (χ0v) is 8.75. The molecule has 3 heteroatoms. The maximum absolute atomic E-state index is 5.86. The molecule has 0 saturated carbocycles. The second-order valence-electron chi connectivity index (χ2n) is 3.40. The summed E-state index contributed by atoms with van der Waals surface area (Å²) in [5, 5.41) is 4.31. The van der Waals surface area contributed by atoms with Gasteiger partial charge in [0.15, 0.2) is 0 Å². The van der Waals surface area contributed by atoms with Gasteiger partial charge in [-0.3, -0.25) is 4.68 Å². The van der Waals surface area contributed by atoms with Crippen LogP contribution in [0.2, 0.25) is 0 Å². The summed E-state index contributed by atoms with van der Waals surface area (Å²) in [6, 6.07) is 0.0989. The molecular weight excluding hydrogens is 162 g/mol. The highest BCUT2D eigenvalue weighted by atomic mass is 15.3. The van der Waals surface area contributed by atoms with Crippen LogP contribution in [-0.2, 0) is 13.0 Å². The van der Waals surface area contributed by atoms with Crippen molar-refractivity contribution in [1.29, 1.82) is 0 Å². The number of hydrogen-bond donors (Lipinski definition) is 1. The summed E-state index contributed by atoms with van der Waals surface area (Å²) < 4.78 is 2.04. The topological polar surface area (TPSA) is 43.8 Å². The molecule has 0 amide bonds. The van der Waals surface area contributed by atoms with Crippen LogP contribution in [0.25, 0.3) is 0 Å². The van der Waals surface area contributed by atoms with E-state index in [2.05, 4.69) is 18.9 Å². The van der Waals surface area contributed by atoms with Crippen molar-refractivity contribution in [1.82, 2.24) is 9.78 Å². The van der Waals surface area contributed by atoms with Gasteiger partial charge in [0.25, 0.3) is 0 Å². The molecule has 0 spiro atoms. The fourth-order valence-corrected chi connectivity index (χ4v) is 1.59. The predicted molar refractivity (Wildman–Crippen MR) is 54.5 cm³/mol. The van der Waals surface area contributed by atoms with E-state index >= 15 is 0 Å². The Morgan fingerprint density at radius 2 is 2.23 bits per heavy atom. The molecule has 1 heterocycles. The minimum Gasteiger partial charge on any atom is -0.324 e. The summed E-state index contributed by atoms with van der Waals surface area (Å²) in [6.45, 7) is 7.23. The molecule has 1 atom stereocenters. The Morgan fingerprint density at radius 1 is 1.54 bits per heavy atom. The highest BCUT2D eigenvalue weighted by Crippen LogP contribution is 2.16. The van der Waals surface area contributed by atoms with E-state index < -0.39 is 0 Å². The molecule has 3 nitrogen and oxygen atoms in total. The van der Waals surface area contributed by atoms with Crippen LogP contribution < -0.4 is 5.73 Å². The predicted octanol–water partition coefficient (Wildman–Crippen LogP) is 1.88. The van der Waals surface area contributed by atoms with Gasteiger partial charge in [0, 0.05) is 23.8 Å². The molecule has 0 saturated heterocycles. The van der Waals surface area contributed by atoms with Crippen LogP contribution in [0.15, 0.2) is 6.20 Å². The first kappa shape index (κ1) is 10.3. The van der Waals surface area contributed by atoms with Gasteiger partial charge in [0.05, 0.1) is 6.20 Å². The molecule has 0 aromatic carbocycles. The van der Waals surface area contributed by atoms with E-state index in [4.69, 9.17) is 5.73 Å². The Balaban J connectivity index is 2.99.